The third-order valence-electron chi connectivity index (χ3n) is 7.11. The number of amides is 1. The molecule has 2 atom stereocenters. The van der Waals surface area contributed by atoms with Crippen molar-refractivity contribution in [2.45, 2.75) is 55.0 Å². The van der Waals surface area contributed by atoms with Gasteiger partial charge in [0.05, 0.1) is 5.54 Å². The molecule has 6 nitrogen and oxygen atoms in total. The Morgan fingerprint density at radius 3 is 2.02 bits per heavy atom. The number of ether oxygens (including phenoxy) is 1. The number of hydrogen-bond acceptors (Lipinski definition) is 5. The van der Waals surface area contributed by atoms with Crippen LogP contribution in [0.2, 0.25) is 0 Å². The summed E-state index contributed by atoms with van der Waals surface area (Å²) in [6.07, 6.45) is -27.5. The summed E-state index contributed by atoms with van der Waals surface area (Å²) in [7, 11) is 0. The first-order valence-electron chi connectivity index (χ1n) is 13.1. The molecule has 1 aliphatic rings. The van der Waals surface area contributed by atoms with Crippen molar-refractivity contribution < 1.29 is 72.2 Å². The van der Waals surface area contributed by atoms with E-state index in [1.807, 2.05) is 0 Å². The molecule has 47 heavy (non-hydrogen) atoms. The Hall–Kier alpha value is -4.48. The number of carbonyl (C=O) groups excluding carboxylic acids is 1. The highest BCUT2D eigenvalue weighted by atomic mass is 19.4. The van der Waals surface area contributed by atoms with Gasteiger partial charge >= 0.3 is 24.9 Å². The highest BCUT2D eigenvalue weighted by molar-refractivity contribution is 6.39. The molecule has 0 bridgehead atoms. The molecule has 1 aliphatic heterocycles. The first kappa shape index (κ1) is 35.4. The largest absolute Gasteiger partial charge is 0.461 e. The second-order valence-corrected chi connectivity index (χ2v) is 10.3. The number of hydrogen-bond donors (Lipinski definition) is 2. The zero-order chi connectivity index (χ0) is 35.0. The van der Waals surface area contributed by atoms with Gasteiger partial charge in [-0.25, -0.2) is 8.78 Å². The van der Waals surface area contributed by atoms with Crippen molar-refractivity contribution in [1.82, 2.24) is 5.32 Å². The van der Waals surface area contributed by atoms with Crippen LogP contribution < -0.4 is 10.1 Å². The van der Waals surface area contributed by atoms with E-state index in [0.717, 1.165) is 24.3 Å². The van der Waals surface area contributed by atoms with Crippen LogP contribution in [0.25, 0.3) is 0 Å². The number of halogens is 12. The fraction of sp³-hybridized carbons (Fsp3) is 0.310. The maximum atomic E-state index is 14.9. The van der Waals surface area contributed by atoms with Gasteiger partial charge in [-0.1, -0.05) is 47.6 Å². The SMILES string of the molecule is O=C(NC(Cc1ccccc1)(c1ccc(F)cc1)c1cc(F)cc(OC(F)(F)C(F)F)c1)C1=NOC(C(O)(C(F)(F)F)C(F)(F)F)C1. The quantitative estimate of drug-likeness (QED) is 0.230. The van der Waals surface area contributed by atoms with E-state index in [-0.39, 0.29) is 11.1 Å². The normalized spacial score (nSPS) is 17.1. The maximum absolute atomic E-state index is 14.9. The van der Waals surface area contributed by atoms with E-state index >= 15 is 0 Å². The van der Waals surface area contributed by atoms with Crippen LogP contribution in [0.4, 0.5) is 52.7 Å². The molecule has 1 amide bonds. The Balaban J connectivity index is 1.86. The lowest BCUT2D eigenvalue weighted by Crippen LogP contribution is -2.64. The summed E-state index contributed by atoms with van der Waals surface area (Å²) >= 11 is 0. The van der Waals surface area contributed by atoms with Gasteiger partial charge < -0.3 is 20.0 Å². The molecular weight excluding hydrogens is 668 g/mol. The van der Waals surface area contributed by atoms with Crippen molar-refractivity contribution >= 4 is 11.6 Å². The van der Waals surface area contributed by atoms with Gasteiger partial charge in [0.1, 0.15) is 23.1 Å². The number of carbonyl (C=O) groups is 1. The lowest BCUT2D eigenvalue weighted by molar-refractivity contribution is -0.392. The van der Waals surface area contributed by atoms with Gasteiger partial charge in [0, 0.05) is 18.9 Å². The molecule has 254 valence electrons. The number of aliphatic hydroxyl groups is 1. The van der Waals surface area contributed by atoms with Gasteiger partial charge in [-0.05, 0) is 41.0 Å². The predicted molar refractivity (Wildman–Crippen MR) is 137 cm³/mol. The molecule has 3 aromatic rings. The molecule has 0 fully saturated rings. The van der Waals surface area contributed by atoms with Crippen molar-refractivity contribution in [2.24, 2.45) is 5.16 Å². The monoisotopic (exact) mass is 688 g/mol. The Labute approximate surface area is 256 Å². The molecule has 0 saturated heterocycles. The topological polar surface area (TPSA) is 80.2 Å². The standard InChI is InChI=1S/C29H20F12N2O4/c30-18-8-6-16(7-9-18)25(14-15-4-2-1-3-5-15,17-10-19(31)12-20(11-17)46-27(34,35)24(32)33)42-23(44)21-13-22(47-43-21)26(45,28(36,37)38)29(39,40)41/h1-12,22,24,45H,13-14H2,(H,42,44). The molecular formula is C29H20F12N2O4. The predicted octanol–water partition coefficient (Wildman–Crippen LogP) is 6.80. The first-order valence-corrected chi connectivity index (χ1v) is 13.1. The average molecular weight is 688 g/mol. The summed E-state index contributed by atoms with van der Waals surface area (Å²) < 4.78 is 167. The highest BCUT2D eigenvalue weighted by Crippen LogP contribution is 2.48. The van der Waals surface area contributed by atoms with Crippen LogP contribution in [0.5, 0.6) is 5.75 Å². The second-order valence-electron chi connectivity index (χ2n) is 10.3. The molecule has 0 spiro atoms. The van der Waals surface area contributed by atoms with E-state index in [1.54, 1.807) is 6.07 Å². The Bertz CT molecular complexity index is 1600. The maximum Gasteiger partial charge on any atom is 0.461 e. The van der Waals surface area contributed by atoms with Crippen molar-refractivity contribution in [2.75, 3.05) is 0 Å². The molecule has 0 aromatic heterocycles. The number of alkyl halides is 10. The smallest absolute Gasteiger partial charge is 0.428 e. The zero-order valence-electron chi connectivity index (χ0n) is 23.2. The van der Waals surface area contributed by atoms with Crippen molar-refractivity contribution in [1.29, 1.82) is 0 Å². The van der Waals surface area contributed by atoms with Gasteiger partial charge in [-0.2, -0.15) is 43.9 Å². The summed E-state index contributed by atoms with van der Waals surface area (Å²) in [5, 5.41) is 15.0. The first-order chi connectivity index (χ1) is 21.7. The van der Waals surface area contributed by atoms with Crippen LogP contribution in [-0.2, 0) is 21.6 Å². The molecule has 2 N–H and O–H groups in total. The van der Waals surface area contributed by atoms with Crippen molar-refractivity contribution in [3.05, 3.63) is 101 Å². The van der Waals surface area contributed by atoms with Crippen LogP contribution in [-0.4, -0.2) is 53.3 Å². The second kappa shape index (κ2) is 12.6. The van der Waals surface area contributed by atoms with Gasteiger partial charge in [-0.15, -0.1) is 0 Å². The lowest BCUT2D eigenvalue weighted by atomic mass is 9.77. The van der Waals surface area contributed by atoms with Crippen LogP contribution in [0.3, 0.4) is 0 Å². The van der Waals surface area contributed by atoms with E-state index in [2.05, 4.69) is 20.0 Å². The summed E-state index contributed by atoms with van der Waals surface area (Å²) in [6, 6.07) is 12.7. The van der Waals surface area contributed by atoms with Crippen LogP contribution in [0.1, 0.15) is 23.1 Å². The van der Waals surface area contributed by atoms with Gasteiger partial charge in [-0.3, -0.25) is 4.79 Å². The van der Waals surface area contributed by atoms with E-state index in [9.17, 15) is 62.6 Å². The van der Waals surface area contributed by atoms with Gasteiger partial charge in [0.2, 0.25) is 0 Å². The number of nitrogens with one attached hydrogen (secondary N) is 1. The fourth-order valence-corrected chi connectivity index (χ4v) is 4.79. The molecule has 0 radical (unpaired) electrons. The van der Waals surface area contributed by atoms with Crippen molar-refractivity contribution in [3.8, 4) is 5.75 Å². The van der Waals surface area contributed by atoms with Crippen LogP contribution in [0, 0.1) is 11.6 Å². The number of benzene rings is 3. The molecule has 1 heterocycles. The van der Waals surface area contributed by atoms with E-state index in [0.29, 0.717) is 18.2 Å². The summed E-state index contributed by atoms with van der Waals surface area (Å²) in [4.78, 5) is 17.8. The third-order valence-corrected chi connectivity index (χ3v) is 7.11. The molecule has 18 heteroatoms. The molecule has 0 aliphatic carbocycles. The van der Waals surface area contributed by atoms with Crippen molar-refractivity contribution in [3.63, 3.8) is 0 Å². The third kappa shape index (κ3) is 7.11. The highest BCUT2D eigenvalue weighted by Gasteiger charge is 2.76. The van der Waals surface area contributed by atoms with Gasteiger partial charge in [0.15, 0.2) is 6.10 Å². The molecule has 4 rings (SSSR count). The van der Waals surface area contributed by atoms with E-state index in [4.69, 9.17) is 0 Å². The number of nitrogens with zero attached hydrogens (tertiary/aromatic N) is 1. The minimum atomic E-state index is -6.35. The minimum absolute atomic E-state index is 0.161. The van der Waals surface area contributed by atoms with E-state index in [1.165, 1.54) is 24.3 Å². The average Bonchev–Trinajstić information content (AvgIpc) is 3.46. The Kier molecular flexibility index (Phi) is 9.49. The number of oxime groups is 1. The minimum Gasteiger partial charge on any atom is -0.428 e. The zero-order valence-corrected chi connectivity index (χ0v) is 23.2. The molecule has 0 saturated carbocycles. The van der Waals surface area contributed by atoms with E-state index < -0.39 is 89.5 Å². The lowest BCUT2D eigenvalue weighted by Gasteiger charge is -2.37. The Morgan fingerprint density at radius 2 is 1.47 bits per heavy atom. The number of rotatable bonds is 10. The summed E-state index contributed by atoms with van der Waals surface area (Å²) in [5.74, 6) is -4.95. The summed E-state index contributed by atoms with van der Waals surface area (Å²) in [6.45, 7) is 0. The summed E-state index contributed by atoms with van der Waals surface area (Å²) in [5.41, 5.74) is -9.27. The van der Waals surface area contributed by atoms with Crippen LogP contribution in [0.15, 0.2) is 78.0 Å². The molecule has 2 unspecified atom stereocenters. The van der Waals surface area contributed by atoms with Crippen LogP contribution >= 0.6 is 0 Å². The Morgan fingerprint density at radius 1 is 0.872 bits per heavy atom. The molecule has 3 aromatic carbocycles. The fourth-order valence-electron chi connectivity index (χ4n) is 4.79. The van der Waals surface area contributed by atoms with Gasteiger partial charge in [0.25, 0.3) is 11.5 Å².